The zero-order valence-electron chi connectivity index (χ0n) is 11.1. The van der Waals surface area contributed by atoms with Gasteiger partial charge in [0.15, 0.2) is 0 Å². The average Bonchev–Trinajstić information content (AvgIpc) is 2.34. The summed E-state index contributed by atoms with van der Waals surface area (Å²) in [6.07, 6.45) is 5.37. The minimum atomic E-state index is 1.30. The quantitative estimate of drug-likeness (QED) is 0.565. The largest absolute Gasteiger partial charge is 0.0683 e. The molecule has 86 valence electrons. The second kappa shape index (κ2) is 8.52. The molecule has 1 aromatic rings. The van der Waals surface area contributed by atoms with Gasteiger partial charge < -0.3 is 0 Å². The summed E-state index contributed by atoms with van der Waals surface area (Å²) < 4.78 is 0. The second-order valence-electron chi connectivity index (χ2n) is 3.48. The van der Waals surface area contributed by atoms with E-state index in [2.05, 4.69) is 25.1 Å². The highest BCUT2D eigenvalue weighted by atomic mass is 14.1. The smallest absolute Gasteiger partial charge is 0.0276 e. The molecule has 1 aliphatic rings. The molecule has 1 aromatic carbocycles. The van der Waals surface area contributed by atoms with Gasteiger partial charge in [-0.25, -0.2) is 0 Å². The number of hydrogen-bond donors (Lipinski definition) is 0. The third-order valence-electron chi connectivity index (χ3n) is 2.50. The first-order chi connectivity index (χ1) is 7.36. The van der Waals surface area contributed by atoms with Crippen molar-refractivity contribution in [2.45, 2.75) is 60.3 Å². The van der Waals surface area contributed by atoms with Gasteiger partial charge in [0.2, 0.25) is 0 Å². The maximum atomic E-state index is 2.34. The minimum Gasteiger partial charge on any atom is -0.0683 e. The summed E-state index contributed by atoms with van der Waals surface area (Å²) in [7, 11) is 0. The summed E-state index contributed by atoms with van der Waals surface area (Å²) in [5.41, 5.74) is 4.59. The third kappa shape index (κ3) is 4.51. The fourth-order valence-corrected chi connectivity index (χ4v) is 1.86. The first-order valence-corrected chi connectivity index (χ1v) is 6.45. The normalized spacial score (nSPS) is 12.6. The maximum Gasteiger partial charge on any atom is -0.0276 e. The van der Waals surface area contributed by atoms with Crippen LogP contribution in [-0.2, 0) is 12.8 Å². The molecule has 1 aliphatic carbocycles. The van der Waals surface area contributed by atoms with Crippen molar-refractivity contribution in [2.24, 2.45) is 0 Å². The van der Waals surface area contributed by atoms with Gasteiger partial charge in [-0.15, -0.1) is 0 Å². The van der Waals surface area contributed by atoms with Gasteiger partial charge in [0.1, 0.15) is 0 Å². The summed E-state index contributed by atoms with van der Waals surface area (Å²) in [5.74, 6) is 0. The molecule has 0 saturated carbocycles. The van der Waals surface area contributed by atoms with Crippen molar-refractivity contribution in [1.29, 1.82) is 0 Å². The molecular formula is C15H26. The lowest BCUT2D eigenvalue weighted by molar-refractivity contribution is 0.685. The molecule has 0 N–H and O–H groups in total. The summed E-state index contributed by atoms with van der Waals surface area (Å²) in [4.78, 5) is 0. The molecule has 0 fully saturated rings. The third-order valence-corrected chi connectivity index (χ3v) is 2.50. The van der Waals surface area contributed by atoms with Crippen molar-refractivity contribution in [3.05, 3.63) is 34.9 Å². The molecule has 0 spiro atoms. The van der Waals surface area contributed by atoms with E-state index in [1.165, 1.54) is 31.2 Å². The van der Waals surface area contributed by atoms with Crippen LogP contribution in [0.5, 0.6) is 0 Å². The molecule has 0 saturated heterocycles. The van der Waals surface area contributed by atoms with Crippen LogP contribution in [0.1, 0.15) is 57.2 Å². The van der Waals surface area contributed by atoms with Crippen LogP contribution in [0.25, 0.3) is 0 Å². The van der Waals surface area contributed by atoms with E-state index in [0.717, 1.165) is 0 Å². The zero-order valence-corrected chi connectivity index (χ0v) is 11.1. The van der Waals surface area contributed by atoms with E-state index in [1.54, 1.807) is 11.1 Å². The molecule has 0 atom stereocenters. The Morgan fingerprint density at radius 1 is 0.800 bits per heavy atom. The topological polar surface area (TPSA) is 0 Å². The number of benzene rings is 1. The van der Waals surface area contributed by atoms with Crippen LogP contribution < -0.4 is 0 Å². The molecule has 2 rings (SSSR count). The van der Waals surface area contributed by atoms with Crippen LogP contribution in [0.2, 0.25) is 0 Å². The lowest BCUT2D eigenvalue weighted by atomic mass is 9.91. The van der Waals surface area contributed by atoms with Crippen LogP contribution in [0.4, 0.5) is 0 Å². The second-order valence-corrected chi connectivity index (χ2v) is 3.48. The van der Waals surface area contributed by atoms with Crippen molar-refractivity contribution >= 4 is 0 Å². The number of fused-ring (bicyclic) bond motifs is 1. The van der Waals surface area contributed by atoms with E-state index in [-0.39, 0.29) is 0 Å². The predicted molar refractivity (Wildman–Crippen MR) is 70.5 cm³/mol. The van der Waals surface area contributed by atoms with Crippen LogP contribution in [0, 0.1) is 6.92 Å². The van der Waals surface area contributed by atoms with Crippen molar-refractivity contribution in [1.82, 2.24) is 0 Å². The Morgan fingerprint density at radius 2 is 1.33 bits per heavy atom. The standard InChI is InChI=1S/C11H14.2C2H6/c1-9-6-7-10-4-2-3-5-11(10)8-9;2*1-2/h6-8H,2-5H2,1H3;2*1-2H3. The van der Waals surface area contributed by atoms with Gasteiger partial charge in [-0.05, 0) is 43.7 Å². The molecule has 0 heteroatoms. The molecule has 0 aromatic heterocycles. The van der Waals surface area contributed by atoms with E-state index in [9.17, 15) is 0 Å². The Labute approximate surface area is 95.7 Å². The van der Waals surface area contributed by atoms with E-state index >= 15 is 0 Å². The number of hydrogen-bond acceptors (Lipinski definition) is 0. The molecule has 0 bridgehead atoms. The molecule has 15 heavy (non-hydrogen) atoms. The fraction of sp³-hybridized carbons (Fsp3) is 0.600. The van der Waals surface area contributed by atoms with Crippen molar-refractivity contribution < 1.29 is 0 Å². The molecule has 0 heterocycles. The zero-order chi connectivity index (χ0) is 11.7. The van der Waals surface area contributed by atoms with Gasteiger partial charge in [-0.2, -0.15) is 0 Å². The Bertz CT molecular complexity index is 261. The SMILES string of the molecule is CC.CC.Cc1ccc2c(c1)CCCC2. The summed E-state index contributed by atoms with van der Waals surface area (Å²) in [6, 6.07) is 6.86. The van der Waals surface area contributed by atoms with Gasteiger partial charge in [0, 0.05) is 0 Å². The van der Waals surface area contributed by atoms with Crippen LogP contribution in [0.3, 0.4) is 0 Å². The van der Waals surface area contributed by atoms with Gasteiger partial charge in [0.25, 0.3) is 0 Å². The van der Waals surface area contributed by atoms with Crippen molar-refractivity contribution in [3.63, 3.8) is 0 Å². The van der Waals surface area contributed by atoms with E-state index in [1.807, 2.05) is 27.7 Å². The van der Waals surface area contributed by atoms with E-state index < -0.39 is 0 Å². The molecule has 0 aliphatic heterocycles. The molecule has 0 unspecified atom stereocenters. The first-order valence-electron chi connectivity index (χ1n) is 6.45. The number of rotatable bonds is 0. The van der Waals surface area contributed by atoms with Gasteiger partial charge >= 0.3 is 0 Å². The Kier molecular flexibility index (Phi) is 8.08. The van der Waals surface area contributed by atoms with Gasteiger partial charge in [-0.3, -0.25) is 0 Å². The highest BCUT2D eigenvalue weighted by Gasteiger charge is 2.07. The minimum absolute atomic E-state index is 1.30. The van der Waals surface area contributed by atoms with Crippen LogP contribution >= 0.6 is 0 Å². The Hall–Kier alpha value is -0.780. The number of aryl methyl sites for hydroxylation is 3. The monoisotopic (exact) mass is 206 g/mol. The van der Waals surface area contributed by atoms with Crippen LogP contribution in [-0.4, -0.2) is 0 Å². The molecule has 0 radical (unpaired) electrons. The predicted octanol–water partition coefficient (Wildman–Crippen LogP) is 4.93. The first kappa shape index (κ1) is 14.2. The lowest BCUT2D eigenvalue weighted by Crippen LogP contribution is -2.01. The highest BCUT2D eigenvalue weighted by molar-refractivity contribution is 5.32. The van der Waals surface area contributed by atoms with Crippen molar-refractivity contribution in [2.75, 3.05) is 0 Å². The maximum absolute atomic E-state index is 2.34. The Balaban J connectivity index is 0.000000442. The summed E-state index contributed by atoms with van der Waals surface area (Å²) in [6.45, 7) is 10.2. The summed E-state index contributed by atoms with van der Waals surface area (Å²) >= 11 is 0. The van der Waals surface area contributed by atoms with Crippen molar-refractivity contribution in [3.8, 4) is 0 Å². The van der Waals surface area contributed by atoms with E-state index in [4.69, 9.17) is 0 Å². The van der Waals surface area contributed by atoms with Crippen LogP contribution in [0.15, 0.2) is 18.2 Å². The van der Waals surface area contributed by atoms with E-state index in [0.29, 0.717) is 0 Å². The molecular weight excluding hydrogens is 180 g/mol. The van der Waals surface area contributed by atoms with Gasteiger partial charge in [-0.1, -0.05) is 51.5 Å². The molecule has 0 amide bonds. The molecule has 0 nitrogen and oxygen atoms in total. The Morgan fingerprint density at radius 3 is 1.93 bits per heavy atom. The van der Waals surface area contributed by atoms with Gasteiger partial charge in [0.05, 0.1) is 0 Å². The highest BCUT2D eigenvalue weighted by Crippen LogP contribution is 2.21. The fourth-order valence-electron chi connectivity index (χ4n) is 1.86. The lowest BCUT2D eigenvalue weighted by Gasteiger charge is -2.15. The average molecular weight is 206 g/mol. The summed E-state index contributed by atoms with van der Waals surface area (Å²) in [5, 5.41) is 0.